The Kier molecular flexibility index (Phi) is 5.47. The smallest absolute Gasteiger partial charge is 0.418 e. The summed E-state index contributed by atoms with van der Waals surface area (Å²) in [4.78, 5) is 10.6. The SMILES string of the molecule is CCOC(=O)C(F)(F)C(F)(F)C(C(F)(F)F)(C(F)(F)F)C(F)(F)F. The molecule has 2 nitrogen and oxygen atoms in total. The van der Waals surface area contributed by atoms with Crippen molar-refractivity contribution in [3.8, 4) is 0 Å². The van der Waals surface area contributed by atoms with Crippen LogP contribution >= 0.6 is 0 Å². The Morgan fingerprint density at radius 3 is 1.21 bits per heavy atom. The van der Waals surface area contributed by atoms with Crippen LogP contribution in [0.5, 0.6) is 0 Å². The molecular formula is C9H5F13O2. The van der Waals surface area contributed by atoms with Crippen LogP contribution in [0.3, 0.4) is 0 Å². The zero-order valence-electron chi connectivity index (χ0n) is 10.9. The Morgan fingerprint density at radius 2 is 1.00 bits per heavy atom. The molecule has 0 saturated heterocycles. The molecule has 0 aliphatic rings. The first-order valence-corrected chi connectivity index (χ1v) is 5.36. The van der Waals surface area contributed by atoms with Gasteiger partial charge < -0.3 is 4.74 Å². The Hall–Kier alpha value is -1.44. The molecule has 0 N–H and O–H groups in total. The number of carbonyl (C=O) groups is 1. The predicted molar refractivity (Wildman–Crippen MR) is 47.1 cm³/mol. The minimum atomic E-state index is -8.21. The molecule has 0 heterocycles. The molecule has 0 rings (SSSR count). The van der Waals surface area contributed by atoms with Crippen molar-refractivity contribution in [3.05, 3.63) is 0 Å². The standard InChI is InChI=1S/C9H5F13O2/c1-2-24-3(23)4(10,11)6(12,13)5(7(14,15)16,8(17,18)19)9(20,21)22/h2H2,1H3. The quantitative estimate of drug-likeness (QED) is 0.521. The molecule has 0 spiro atoms. The lowest BCUT2D eigenvalue weighted by Crippen LogP contribution is -2.74. The van der Waals surface area contributed by atoms with Crippen molar-refractivity contribution < 1.29 is 66.6 Å². The largest absolute Gasteiger partial charge is 0.461 e. The molecule has 0 unspecified atom stereocenters. The average molecular weight is 392 g/mol. The fourth-order valence-corrected chi connectivity index (χ4v) is 1.60. The van der Waals surface area contributed by atoms with E-state index >= 15 is 0 Å². The van der Waals surface area contributed by atoms with Crippen LogP contribution < -0.4 is 0 Å². The summed E-state index contributed by atoms with van der Waals surface area (Å²) in [5, 5.41) is 0. The maximum atomic E-state index is 13.4. The summed E-state index contributed by atoms with van der Waals surface area (Å²) in [6, 6.07) is 0. The molecule has 24 heavy (non-hydrogen) atoms. The van der Waals surface area contributed by atoms with Gasteiger partial charge in [-0.05, 0) is 6.92 Å². The van der Waals surface area contributed by atoms with Crippen LogP contribution in [0.1, 0.15) is 6.92 Å². The highest BCUT2D eigenvalue weighted by Gasteiger charge is 2.98. The van der Waals surface area contributed by atoms with E-state index in [1.54, 1.807) is 0 Å². The summed E-state index contributed by atoms with van der Waals surface area (Å²) < 4.78 is 168. The van der Waals surface area contributed by atoms with Crippen molar-refractivity contribution >= 4 is 5.97 Å². The Balaban J connectivity index is 6.94. The first kappa shape index (κ1) is 22.6. The fraction of sp³-hybridized carbons (Fsp3) is 0.889. The van der Waals surface area contributed by atoms with Crippen molar-refractivity contribution in [2.75, 3.05) is 6.61 Å². The highest BCUT2D eigenvalue weighted by Crippen LogP contribution is 2.69. The van der Waals surface area contributed by atoms with E-state index < -0.39 is 48.4 Å². The number of esters is 1. The van der Waals surface area contributed by atoms with Crippen LogP contribution in [0, 0.1) is 5.41 Å². The molecule has 0 atom stereocenters. The van der Waals surface area contributed by atoms with Gasteiger partial charge in [0.1, 0.15) is 0 Å². The lowest BCUT2D eigenvalue weighted by atomic mass is 9.75. The Bertz CT molecular complexity index is 433. The van der Waals surface area contributed by atoms with Crippen LogP contribution in [0.4, 0.5) is 57.1 Å². The van der Waals surface area contributed by atoms with E-state index in [0.717, 1.165) is 0 Å². The van der Waals surface area contributed by atoms with Gasteiger partial charge in [0.25, 0.3) is 0 Å². The topological polar surface area (TPSA) is 26.3 Å². The number of hydrogen-bond acceptors (Lipinski definition) is 2. The molecule has 0 saturated carbocycles. The van der Waals surface area contributed by atoms with Crippen LogP contribution in [0.2, 0.25) is 0 Å². The van der Waals surface area contributed by atoms with Gasteiger partial charge in [0, 0.05) is 0 Å². The van der Waals surface area contributed by atoms with Gasteiger partial charge in [0.15, 0.2) is 0 Å². The lowest BCUT2D eigenvalue weighted by molar-refractivity contribution is -0.493. The van der Waals surface area contributed by atoms with E-state index in [4.69, 9.17) is 0 Å². The zero-order valence-corrected chi connectivity index (χ0v) is 10.9. The number of ether oxygens (including phenoxy) is 1. The summed E-state index contributed by atoms with van der Waals surface area (Å²) in [6.07, 6.45) is -23.9. The number of hydrogen-bond donors (Lipinski definition) is 0. The van der Waals surface area contributed by atoms with Gasteiger partial charge in [-0.2, -0.15) is 57.1 Å². The highest BCUT2D eigenvalue weighted by molar-refractivity contribution is 5.79. The number of carbonyl (C=O) groups excluding carboxylic acids is 1. The van der Waals surface area contributed by atoms with E-state index in [2.05, 4.69) is 4.74 Å². The molecule has 0 aliphatic carbocycles. The van der Waals surface area contributed by atoms with Gasteiger partial charge in [-0.15, -0.1) is 0 Å². The third-order valence-electron chi connectivity index (χ3n) is 2.67. The van der Waals surface area contributed by atoms with Crippen LogP contribution in [0.15, 0.2) is 0 Å². The van der Waals surface area contributed by atoms with Crippen molar-refractivity contribution in [3.63, 3.8) is 0 Å². The molecule has 0 aromatic heterocycles. The normalized spacial score (nSPS) is 15.4. The summed E-state index contributed by atoms with van der Waals surface area (Å²) >= 11 is 0. The third kappa shape index (κ3) is 2.85. The second kappa shape index (κ2) is 5.82. The lowest BCUT2D eigenvalue weighted by Gasteiger charge is -2.44. The average Bonchev–Trinajstić information content (AvgIpc) is 2.22. The van der Waals surface area contributed by atoms with Gasteiger partial charge in [0.2, 0.25) is 0 Å². The van der Waals surface area contributed by atoms with Crippen molar-refractivity contribution in [1.82, 2.24) is 0 Å². The third-order valence-corrected chi connectivity index (χ3v) is 2.67. The minimum absolute atomic E-state index is 0.636. The molecule has 0 bridgehead atoms. The fourth-order valence-electron chi connectivity index (χ4n) is 1.60. The Morgan fingerprint density at radius 1 is 0.708 bits per heavy atom. The van der Waals surface area contributed by atoms with Crippen LogP contribution in [-0.4, -0.2) is 43.0 Å². The van der Waals surface area contributed by atoms with E-state index in [1.807, 2.05) is 0 Å². The maximum absolute atomic E-state index is 13.4. The summed E-state index contributed by atoms with van der Waals surface area (Å²) in [7, 11) is 0. The second-order valence-corrected chi connectivity index (χ2v) is 4.11. The molecule has 0 aromatic carbocycles. The van der Waals surface area contributed by atoms with Crippen molar-refractivity contribution in [2.24, 2.45) is 5.41 Å². The molecule has 15 heteroatoms. The van der Waals surface area contributed by atoms with E-state index in [9.17, 15) is 61.9 Å². The molecule has 0 fully saturated rings. The molecule has 0 radical (unpaired) electrons. The number of alkyl halides is 13. The van der Waals surface area contributed by atoms with Gasteiger partial charge in [-0.25, -0.2) is 4.79 Å². The first-order valence-electron chi connectivity index (χ1n) is 5.36. The second-order valence-electron chi connectivity index (χ2n) is 4.11. The van der Waals surface area contributed by atoms with Gasteiger partial charge in [-0.3, -0.25) is 0 Å². The summed E-state index contributed by atoms with van der Waals surface area (Å²) in [5.41, 5.74) is -8.21. The van der Waals surface area contributed by atoms with Crippen LogP contribution in [-0.2, 0) is 9.53 Å². The molecule has 0 aliphatic heterocycles. The summed E-state index contributed by atoms with van der Waals surface area (Å²) in [5.74, 6) is -18.8. The van der Waals surface area contributed by atoms with Gasteiger partial charge >= 0.3 is 41.8 Å². The van der Waals surface area contributed by atoms with Gasteiger partial charge in [-0.1, -0.05) is 0 Å². The molecule has 0 amide bonds. The number of halogens is 13. The highest BCUT2D eigenvalue weighted by atomic mass is 19.4. The van der Waals surface area contributed by atoms with E-state index in [1.165, 1.54) is 0 Å². The molecule has 144 valence electrons. The molecule has 0 aromatic rings. The van der Waals surface area contributed by atoms with E-state index in [-0.39, 0.29) is 0 Å². The summed E-state index contributed by atoms with van der Waals surface area (Å²) in [6.45, 7) is -0.599. The van der Waals surface area contributed by atoms with Crippen molar-refractivity contribution in [1.29, 1.82) is 0 Å². The Labute approximate surface area is 123 Å². The predicted octanol–water partition coefficient (Wildman–Crippen LogP) is 4.49. The maximum Gasteiger partial charge on any atom is 0.418 e. The zero-order chi connectivity index (χ0) is 20.0. The van der Waals surface area contributed by atoms with E-state index in [0.29, 0.717) is 6.92 Å². The van der Waals surface area contributed by atoms with Gasteiger partial charge in [0.05, 0.1) is 6.61 Å². The first-order chi connectivity index (χ1) is 10.2. The van der Waals surface area contributed by atoms with Crippen LogP contribution in [0.25, 0.3) is 0 Å². The molecular weight excluding hydrogens is 387 g/mol. The minimum Gasteiger partial charge on any atom is -0.461 e. The van der Waals surface area contributed by atoms with Crippen molar-refractivity contribution in [2.45, 2.75) is 37.3 Å². The monoisotopic (exact) mass is 392 g/mol. The number of rotatable bonds is 4.